The van der Waals surface area contributed by atoms with Gasteiger partial charge in [-0.25, -0.2) is 0 Å². The molecule has 0 aliphatic rings. The van der Waals surface area contributed by atoms with Crippen molar-refractivity contribution >= 4 is 5.91 Å². The lowest BCUT2D eigenvalue weighted by Crippen LogP contribution is -2.32. The number of carbonyl (C=O) groups is 1. The number of carbonyl (C=O) groups excluding carboxylic acids is 1. The highest BCUT2D eigenvalue weighted by atomic mass is 16.5. The maximum Gasteiger partial charge on any atom is 0.258 e. The minimum atomic E-state index is -0.214. The van der Waals surface area contributed by atoms with Gasteiger partial charge < -0.3 is 19.5 Å². The molecule has 0 radical (unpaired) electrons. The summed E-state index contributed by atoms with van der Waals surface area (Å²) in [5, 5.41) is 11.0. The molecule has 0 unspecified atom stereocenters. The van der Waals surface area contributed by atoms with Crippen LogP contribution in [0.4, 0.5) is 0 Å². The van der Waals surface area contributed by atoms with Crippen LogP contribution in [0.1, 0.15) is 6.92 Å². The lowest BCUT2D eigenvalue weighted by Gasteiger charge is -2.08. The number of nitrogens with zero attached hydrogens (tertiary/aromatic N) is 2. The van der Waals surface area contributed by atoms with Crippen molar-refractivity contribution in [2.45, 2.75) is 6.92 Å². The van der Waals surface area contributed by atoms with E-state index in [1.54, 1.807) is 18.2 Å². The molecule has 29 heavy (non-hydrogen) atoms. The van der Waals surface area contributed by atoms with Gasteiger partial charge in [0.1, 0.15) is 18.1 Å². The molecule has 0 saturated carbocycles. The summed E-state index contributed by atoms with van der Waals surface area (Å²) in [4.78, 5) is 11.8. The van der Waals surface area contributed by atoms with Gasteiger partial charge in [0.15, 0.2) is 6.61 Å². The van der Waals surface area contributed by atoms with Crippen LogP contribution in [0.15, 0.2) is 66.7 Å². The number of ether oxygens (including phenoxy) is 3. The molecular formula is C22H23N3O4. The number of para-hydroxylation sites is 1. The maximum atomic E-state index is 11.8. The Morgan fingerprint density at radius 1 is 0.862 bits per heavy atom. The number of hydrogen-bond donors (Lipinski definition) is 1. The van der Waals surface area contributed by atoms with E-state index >= 15 is 0 Å². The van der Waals surface area contributed by atoms with Gasteiger partial charge in [0.2, 0.25) is 5.88 Å². The van der Waals surface area contributed by atoms with E-state index in [1.807, 2.05) is 55.5 Å². The molecule has 1 heterocycles. The largest absolute Gasteiger partial charge is 0.494 e. The van der Waals surface area contributed by atoms with Crippen LogP contribution in [0.2, 0.25) is 0 Å². The van der Waals surface area contributed by atoms with Crippen LogP contribution in [0, 0.1) is 0 Å². The van der Waals surface area contributed by atoms with E-state index in [0.29, 0.717) is 24.8 Å². The first-order valence-corrected chi connectivity index (χ1v) is 9.39. The third-order valence-corrected chi connectivity index (χ3v) is 3.89. The Kier molecular flexibility index (Phi) is 7.40. The van der Waals surface area contributed by atoms with Gasteiger partial charge in [0, 0.05) is 11.6 Å². The molecule has 150 valence electrons. The van der Waals surface area contributed by atoms with Crippen molar-refractivity contribution < 1.29 is 19.0 Å². The second kappa shape index (κ2) is 10.7. The number of benzene rings is 2. The molecule has 0 saturated heterocycles. The maximum absolute atomic E-state index is 11.8. The van der Waals surface area contributed by atoms with Crippen LogP contribution in [0.3, 0.4) is 0 Å². The Morgan fingerprint density at radius 3 is 2.31 bits per heavy atom. The fourth-order valence-corrected chi connectivity index (χ4v) is 2.50. The van der Waals surface area contributed by atoms with E-state index in [0.717, 1.165) is 17.0 Å². The quantitative estimate of drug-likeness (QED) is 0.533. The molecule has 1 N–H and O–H groups in total. The molecule has 0 atom stereocenters. The zero-order valence-corrected chi connectivity index (χ0v) is 16.2. The molecule has 0 aliphatic carbocycles. The highest BCUT2D eigenvalue weighted by Gasteiger charge is 2.04. The summed E-state index contributed by atoms with van der Waals surface area (Å²) in [5.41, 5.74) is 1.69. The second-order valence-corrected chi connectivity index (χ2v) is 6.01. The third kappa shape index (κ3) is 6.49. The van der Waals surface area contributed by atoms with Gasteiger partial charge in [-0.05, 0) is 49.4 Å². The lowest BCUT2D eigenvalue weighted by molar-refractivity contribution is -0.123. The smallest absolute Gasteiger partial charge is 0.258 e. The summed E-state index contributed by atoms with van der Waals surface area (Å²) in [5.74, 6) is 1.66. The van der Waals surface area contributed by atoms with E-state index < -0.39 is 0 Å². The van der Waals surface area contributed by atoms with Crippen molar-refractivity contribution in [3.8, 4) is 28.6 Å². The standard InChI is InChI=1S/C22H23N3O4/c1-2-27-19-10-8-17(9-11-19)20-12-13-22(25-24-20)28-15-14-23-21(26)16-29-18-6-4-3-5-7-18/h3-13H,2,14-16H2,1H3,(H,23,26). The molecule has 1 aromatic heterocycles. The van der Waals surface area contributed by atoms with Crippen LogP contribution in [-0.2, 0) is 4.79 Å². The van der Waals surface area contributed by atoms with Crippen molar-refractivity contribution in [3.05, 3.63) is 66.7 Å². The molecule has 0 fully saturated rings. The average Bonchev–Trinajstić information content (AvgIpc) is 2.77. The van der Waals surface area contributed by atoms with Gasteiger partial charge in [-0.2, -0.15) is 0 Å². The van der Waals surface area contributed by atoms with Gasteiger partial charge in [-0.1, -0.05) is 18.2 Å². The number of hydrogen-bond acceptors (Lipinski definition) is 6. The fraction of sp³-hybridized carbons (Fsp3) is 0.227. The first-order valence-electron chi connectivity index (χ1n) is 9.39. The van der Waals surface area contributed by atoms with Crippen molar-refractivity contribution in [3.63, 3.8) is 0 Å². The van der Waals surface area contributed by atoms with Crippen LogP contribution in [0.25, 0.3) is 11.3 Å². The normalized spacial score (nSPS) is 10.2. The third-order valence-electron chi connectivity index (χ3n) is 3.89. The summed E-state index contributed by atoms with van der Waals surface area (Å²) in [6.07, 6.45) is 0. The highest BCUT2D eigenvalue weighted by Crippen LogP contribution is 2.21. The first-order chi connectivity index (χ1) is 14.2. The average molecular weight is 393 g/mol. The van der Waals surface area contributed by atoms with Gasteiger partial charge in [-0.15, -0.1) is 10.2 Å². The Morgan fingerprint density at radius 2 is 1.62 bits per heavy atom. The van der Waals surface area contributed by atoms with Crippen LogP contribution in [-0.4, -0.2) is 42.5 Å². The second-order valence-electron chi connectivity index (χ2n) is 6.01. The Balaban J connectivity index is 1.38. The van der Waals surface area contributed by atoms with E-state index in [-0.39, 0.29) is 19.1 Å². The van der Waals surface area contributed by atoms with Gasteiger partial charge in [0.05, 0.1) is 18.8 Å². The van der Waals surface area contributed by atoms with E-state index in [4.69, 9.17) is 14.2 Å². The van der Waals surface area contributed by atoms with Gasteiger partial charge in [-0.3, -0.25) is 4.79 Å². The minimum Gasteiger partial charge on any atom is -0.494 e. The predicted molar refractivity (Wildman–Crippen MR) is 109 cm³/mol. The summed E-state index contributed by atoms with van der Waals surface area (Å²) in [6.45, 7) is 3.17. The predicted octanol–water partition coefficient (Wildman–Crippen LogP) is 3.12. The summed E-state index contributed by atoms with van der Waals surface area (Å²) >= 11 is 0. The molecule has 0 aliphatic heterocycles. The van der Waals surface area contributed by atoms with E-state index in [1.165, 1.54) is 0 Å². The molecule has 7 nitrogen and oxygen atoms in total. The number of nitrogens with one attached hydrogen (secondary N) is 1. The molecule has 3 rings (SSSR count). The number of aromatic nitrogens is 2. The highest BCUT2D eigenvalue weighted by molar-refractivity contribution is 5.77. The lowest BCUT2D eigenvalue weighted by atomic mass is 10.1. The van der Waals surface area contributed by atoms with Crippen LogP contribution < -0.4 is 19.5 Å². The summed E-state index contributed by atoms with van der Waals surface area (Å²) in [7, 11) is 0. The minimum absolute atomic E-state index is 0.0411. The zero-order valence-electron chi connectivity index (χ0n) is 16.2. The van der Waals surface area contributed by atoms with Crippen LogP contribution in [0.5, 0.6) is 17.4 Å². The molecule has 0 spiro atoms. The van der Waals surface area contributed by atoms with E-state index in [9.17, 15) is 4.79 Å². The van der Waals surface area contributed by atoms with Crippen LogP contribution >= 0.6 is 0 Å². The van der Waals surface area contributed by atoms with Crippen molar-refractivity contribution in [1.82, 2.24) is 15.5 Å². The monoisotopic (exact) mass is 393 g/mol. The number of rotatable bonds is 10. The first kappa shape index (κ1) is 20.1. The molecule has 1 amide bonds. The van der Waals surface area contributed by atoms with Gasteiger partial charge in [0.25, 0.3) is 5.91 Å². The Hall–Kier alpha value is -3.61. The summed E-state index contributed by atoms with van der Waals surface area (Å²) < 4.78 is 16.3. The summed E-state index contributed by atoms with van der Waals surface area (Å²) in [6, 6.07) is 20.4. The SMILES string of the molecule is CCOc1ccc(-c2ccc(OCCNC(=O)COc3ccccc3)nn2)cc1. The molecule has 3 aromatic rings. The molecule has 0 bridgehead atoms. The molecule has 2 aromatic carbocycles. The Labute approximate surface area is 169 Å². The molecule has 7 heteroatoms. The van der Waals surface area contributed by atoms with Crippen molar-refractivity contribution in [2.75, 3.05) is 26.4 Å². The fourth-order valence-electron chi connectivity index (χ4n) is 2.50. The zero-order chi connectivity index (χ0) is 20.3. The van der Waals surface area contributed by atoms with Crippen molar-refractivity contribution in [2.24, 2.45) is 0 Å². The molecular weight excluding hydrogens is 370 g/mol. The van der Waals surface area contributed by atoms with Crippen molar-refractivity contribution in [1.29, 1.82) is 0 Å². The van der Waals surface area contributed by atoms with E-state index in [2.05, 4.69) is 15.5 Å². The van der Waals surface area contributed by atoms with Gasteiger partial charge >= 0.3 is 0 Å². The Bertz CT molecular complexity index is 884. The number of amides is 1. The topological polar surface area (TPSA) is 82.6 Å².